The van der Waals surface area contributed by atoms with Crippen molar-refractivity contribution in [2.24, 2.45) is 11.3 Å². The van der Waals surface area contributed by atoms with Crippen LogP contribution in [0.3, 0.4) is 0 Å². The Morgan fingerprint density at radius 3 is 3.00 bits per heavy atom. The van der Waals surface area contributed by atoms with E-state index in [4.69, 9.17) is 4.52 Å². The van der Waals surface area contributed by atoms with Crippen LogP contribution in [0.2, 0.25) is 0 Å². The lowest BCUT2D eigenvalue weighted by molar-refractivity contribution is -0.149. The van der Waals surface area contributed by atoms with Crippen LogP contribution in [-0.4, -0.2) is 50.1 Å². The molecule has 0 spiro atoms. The van der Waals surface area contributed by atoms with Crippen molar-refractivity contribution in [2.75, 3.05) is 13.1 Å². The minimum atomic E-state index is -0.771. The Kier molecular flexibility index (Phi) is 4.18. The Morgan fingerprint density at radius 1 is 1.38 bits per heavy atom. The van der Waals surface area contributed by atoms with Gasteiger partial charge in [-0.1, -0.05) is 17.6 Å². The zero-order valence-electron chi connectivity index (χ0n) is 14.3. The zero-order chi connectivity index (χ0) is 18.1. The molecule has 0 bridgehead atoms. The molecule has 136 valence electrons. The van der Waals surface area contributed by atoms with E-state index in [9.17, 15) is 14.7 Å². The molecule has 0 radical (unpaired) electrons. The topological polar surface area (TPSA) is 109 Å². The highest BCUT2D eigenvalue weighted by atomic mass is 16.5. The minimum absolute atomic E-state index is 0.0578. The molecular weight excluding hydrogens is 336 g/mol. The summed E-state index contributed by atoms with van der Waals surface area (Å²) in [6.07, 6.45) is 4.68. The number of pyridine rings is 1. The number of aromatic nitrogens is 3. The number of likely N-dealkylation sites (tertiary alicyclic amines) is 1. The summed E-state index contributed by atoms with van der Waals surface area (Å²) in [4.78, 5) is 34.4. The van der Waals surface area contributed by atoms with Gasteiger partial charge in [-0.3, -0.25) is 14.6 Å². The monoisotopic (exact) mass is 356 g/mol. The maximum absolute atomic E-state index is 12.5. The van der Waals surface area contributed by atoms with Gasteiger partial charge in [-0.05, 0) is 30.9 Å². The predicted molar refractivity (Wildman–Crippen MR) is 89.8 cm³/mol. The molecule has 1 saturated heterocycles. The molecule has 1 amide bonds. The van der Waals surface area contributed by atoms with Crippen molar-refractivity contribution >= 4 is 11.9 Å². The summed E-state index contributed by atoms with van der Waals surface area (Å²) in [5, 5.41) is 13.5. The van der Waals surface area contributed by atoms with Gasteiger partial charge in [0, 0.05) is 32.1 Å². The van der Waals surface area contributed by atoms with Gasteiger partial charge in [0.1, 0.15) is 5.69 Å². The number of aryl methyl sites for hydroxylation is 1. The molecule has 3 heterocycles. The van der Waals surface area contributed by atoms with Gasteiger partial charge in [-0.2, -0.15) is 4.98 Å². The van der Waals surface area contributed by atoms with E-state index in [1.165, 1.54) is 0 Å². The van der Waals surface area contributed by atoms with Gasteiger partial charge in [0.25, 0.3) is 0 Å². The Morgan fingerprint density at radius 2 is 2.27 bits per heavy atom. The molecular formula is C18H20N4O4. The molecule has 0 unspecified atom stereocenters. The zero-order valence-corrected chi connectivity index (χ0v) is 14.3. The largest absolute Gasteiger partial charge is 0.481 e. The summed E-state index contributed by atoms with van der Waals surface area (Å²) in [6, 6.07) is 5.43. The number of carboxylic acid groups (broad SMARTS) is 1. The number of carbonyl (C=O) groups excluding carboxylic acids is 1. The predicted octanol–water partition coefficient (Wildman–Crippen LogP) is 1.78. The molecule has 1 N–H and O–H groups in total. The fraction of sp³-hybridized carbons (Fsp3) is 0.500. The lowest BCUT2D eigenvalue weighted by Crippen LogP contribution is -2.37. The molecule has 0 aromatic carbocycles. The Labute approximate surface area is 150 Å². The number of nitrogens with zero attached hydrogens (tertiary/aromatic N) is 4. The lowest BCUT2D eigenvalue weighted by Gasteiger charge is -2.23. The quantitative estimate of drug-likeness (QED) is 0.869. The third-order valence-electron chi connectivity index (χ3n) is 5.56. The van der Waals surface area contributed by atoms with Crippen LogP contribution >= 0.6 is 0 Å². The van der Waals surface area contributed by atoms with Crippen LogP contribution in [0, 0.1) is 11.3 Å². The average Bonchev–Trinajstić information content (AvgIpc) is 3.34. The summed E-state index contributed by atoms with van der Waals surface area (Å²) in [6.45, 7) is 0.850. The SMILES string of the molecule is O=C(CCc1nc(-c2ccccn2)no1)N1C[C@@H]2CCC[C@@]2(C(=O)O)C1. The van der Waals surface area contributed by atoms with Crippen molar-refractivity contribution in [1.82, 2.24) is 20.0 Å². The molecule has 2 aromatic rings. The van der Waals surface area contributed by atoms with E-state index < -0.39 is 11.4 Å². The summed E-state index contributed by atoms with van der Waals surface area (Å²) < 4.78 is 5.20. The molecule has 2 aromatic heterocycles. The van der Waals surface area contributed by atoms with E-state index in [1.54, 1.807) is 23.2 Å². The molecule has 1 aliphatic heterocycles. The van der Waals surface area contributed by atoms with Crippen LogP contribution in [0.4, 0.5) is 0 Å². The number of carboxylic acids is 1. The molecule has 2 atom stereocenters. The first-order valence-electron chi connectivity index (χ1n) is 8.84. The van der Waals surface area contributed by atoms with E-state index >= 15 is 0 Å². The van der Waals surface area contributed by atoms with Gasteiger partial charge in [0.2, 0.25) is 17.6 Å². The number of rotatable bonds is 5. The number of amides is 1. The molecule has 1 saturated carbocycles. The first-order valence-corrected chi connectivity index (χ1v) is 8.84. The van der Waals surface area contributed by atoms with Gasteiger partial charge >= 0.3 is 5.97 Å². The highest BCUT2D eigenvalue weighted by molar-refractivity contribution is 5.81. The molecule has 8 heteroatoms. The summed E-state index contributed by atoms with van der Waals surface area (Å²) in [5.74, 6) is 0.0212. The number of hydrogen-bond donors (Lipinski definition) is 1. The van der Waals surface area contributed by atoms with Gasteiger partial charge in [-0.25, -0.2) is 0 Å². The van der Waals surface area contributed by atoms with Crippen molar-refractivity contribution in [2.45, 2.75) is 32.1 Å². The second-order valence-electron chi connectivity index (χ2n) is 7.05. The fourth-order valence-corrected chi connectivity index (χ4v) is 4.16. The average molecular weight is 356 g/mol. The van der Waals surface area contributed by atoms with E-state index in [0.717, 1.165) is 12.8 Å². The highest BCUT2D eigenvalue weighted by Gasteiger charge is 2.55. The molecule has 26 heavy (non-hydrogen) atoms. The van der Waals surface area contributed by atoms with Crippen LogP contribution in [-0.2, 0) is 16.0 Å². The molecule has 2 aliphatic rings. The Bertz CT molecular complexity index is 822. The van der Waals surface area contributed by atoms with Crippen LogP contribution in [0.25, 0.3) is 11.5 Å². The number of fused-ring (bicyclic) bond motifs is 1. The van der Waals surface area contributed by atoms with Crippen LogP contribution in [0.5, 0.6) is 0 Å². The molecule has 1 aliphatic carbocycles. The first-order chi connectivity index (χ1) is 12.6. The van der Waals surface area contributed by atoms with Crippen molar-refractivity contribution < 1.29 is 19.2 Å². The number of carbonyl (C=O) groups is 2. The normalized spacial score (nSPS) is 24.6. The number of aliphatic carboxylic acids is 1. The van der Waals surface area contributed by atoms with Crippen molar-refractivity contribution in [3.8, 4) is 11.5 Å². The van der Waals surface area contributed by atoms with Crippen LogP contribution in [0.15, 0.2) is 28.9 Å². The summed E-state index contributed by atoms with van der Waals surface area (Å²) in [7, 11) is 0. The summed E-state index contributed by atoms with van der Waals surface area (Å²) in [5.41, 5.74) is -0.128. The van der Waals surface area contributed by atoms with E-state index in [-0.39, 0.29) is 18.2 Å². The maximum atomic E-state index is 12.5. The molecule has 4 rings (SSSR count). The van der Waals surface area contributed by atoms with E-state index in [2.05, 4.69) is 15.1 Å². The van der Waals surface area contributed by atoms with Gasteiger partial charge in [0.15, 0.2) is 0 Å². The third kappa shape index (κ3) is 2.85. The van der Waals surface area contributed by atoms with Crippen molar-refractivity contribution in [1.29, 1.82) is 0 Å². The fourth-order valence-electron chi connectivity index (χ4n) is 4.16. The summed E-state index contributed by atoms with van der Waals surface area (Å²) >= 11 is 0. The standard InChI is InChI=1S/C18H20N4O4/c23-15(22-10-12-4-3-8-18(12,11-22)17(24)25)7-6-14-20-16(21-26-14)13-5-1-2-9-19-13/h1-2,5,9,12H,3-4,6-8,10-11H2,(H,24,25)/t12-,18+/m0/s1. The lowest BCUT2D eigenvalue weighted by atomic mass is 9.81. The smallest absolute Gasteiger partial charge is 0.311 e. The van der Waals surface area contributed by atoms with Gasteiger partial charge in [-0.15, -0.1) is 0 Å². The highest BCUT2D eigenvalue weighted by Crippen LogP contribution is 2.48. The van der Waals surface area contributed by atoms with E-state index in [1.807, 2.05) is 6.07 Å². The van der Waals surface area contributed by atoms with E-state index in [0.29, 0.717) is 43.3 Å². The maximum Gasteiger partial charge on any atom is 0.311 e. The second-order valence-corrected chi connectivity index (χ2v) is 7.05. The second kappa shape index (κ2) is 6.51. The molecule has 8 nitrogen and oxygen atoms in total. The Hall–Kier alpha value is -2.77. The van der Waals surface area contributed by atoms with Gasteiger partial charge < -0.3 is 14.5 Å². The van der Waals surface area contributed by atoms with Crippen LogP contribution in [0.1, 0.15) is 31.6 Å². The number of hydrogen-bond acceptors (Lipinski definition) is 6. The van der Waals surface area contributed by atoms with Crippen molar-refractivity contribution in [3.05, 3.63) is 30.3 Å². The van der Waals surface area contributed by atoms with Crippen LogP contribution < -0.4 is 0 Å². The first kappa shape index (κ1) is 16.7. The van der Waals surface area contributed by atoms with Gasteiger partial charge in [0.05, 0.1) is 5.41 Å². The minimum Gasteiger partial charge on any atom is -0.481 e. The third-order valence-corrected chi connectivity index (χ3v) is 5.56. The van der Waals surface area contributed by atoms with Crippen molar-refractivity contribution in [3.63, 3.8) is 0 Å². The Balaban J connectivity index is 1.37. The molecule has 2 fully saturated rings.